The minimum absolute atomic E-state index is 0.0822. The third-order valence-electron chi connectivity index (χ3n) is 6.62. The fourth-order valence-electron chi connectivity index (χ4n) is 4.68. The molecule has 1 unspecified atom stereocenters. The lowest BCUT2D eigenvalue weighted by molar-refractivity contribution is -0.133. The second-order valence-electron chi connectivity index (χ2n) is 8.85. The number of aromatic nitrogens is 2. The zero-order valence-electron chi connectivity index (χ0n) is 19.2. The van der Waals surface area contributed by atoms with Crippen LogP contribution >= 0.6 is 0 Å². The lowest BCUT2D eigenvalue weighted by atomic mass is 9.94. The van der Waals surface area contributed by atoms with E-state index in [4.69, 9.17) is 4.98 Å². The summed E-state index contributed by atoms with van der Waals surface area (Å²) in [4.78, 5) is 32.8. The van der Waals surface area contributed by atoms with Gasteiger partial charge in [0.2, 0.25) is 5.91 Å². The maximum absolute atomic E-state index is 13.2. The molecule has 0 radical (unpaired) electrons. The fourth-order valence-corrected chi connectivity index (χ4v) is 4.68. The molecule has 0 aliphatic heterocycles. The largest absolute Gasteiger partial charge is 0.342 e. The lowest BCUT2D eigenvalue weighted by Gasteiger charge is -2.31. The van der Waals surface area contributed by atoms with Crippen molar-refractivity contribution in [2.75, 3.05) is 7.05 Å². The van der Waals surface area contributed by atoms with E-state index in [2.05, 4.69) is 5.32 Å². The van der Waals surface area contributed by atoms with Gasteiger partial charge in [0.15, 0.2) is 0 Å². The van der Waals surface area contributed by atoms with Gasteiger partial charge in [0.05, 0.1) is 17.1 Å². The van der Waals surface area contributed by atoms with Crippen LogP contribution in [0.4, 0.5) is 0 Å². The smallest absolute Gasteiger partial charge is 0.252 e. The molecule has 0 bridgehead atoms. The van der Waals surface area contributed by atoms with E-state index in [1.807, 2.05) is 78.9 Å². The number of amides is 2. The highest BCUT2D eigenvalue weighted by Gasteiger charge is 2.25. The van der Waals surface area contributed by atoms with Crippen LogP contribution in [0.3, 0.4) is 0 Å². The summed E-state index contributed by atoms with van der Waals surface area (Å²) < 4.78 is 1.96. The number of aryl methyl sites for hydroxylation is 1. The maximum atomic E-state index is 13.2. The van der Waals surface area contributed by atoms with Crippen molar-refractivity contribution in [2.45, 2.75) is 64.6 Å². The van der Waals surface area contributed by atoms with Crippen LogP contribution in [-0.4, -0.2) is 39.4 Å². The van der Waals surface area contributed by atoms with Gasteiger partial charge in [0.25, 0.3) is 5.91 Å². The van der Waals surface area contributed by atoms with E-state index >= 15 is 0 Å². The van der Waals surface area contributed by atoms with Gasteiger partial charge >= 0.3 is 0 Å². The molecule has 1 aliphatic rings. The van der Waals surface area contributed by atoms with Gasteiger partial charge in [-0.15, -0.1) is 0 Å². The highest BCUT2D eigenvalue weighted by Crippen LogP contribution is 2.24. The topological polar surface area (TPSA) is 67.2 Å². The van der Waals surface area contributed by atoms with E-state index in [9.17, 15) is 9.59 Å². The van der Waals surface area contributed by atoms with Crippen LogP contribution in [0.15, 0.2) is 48.5 Å². The van der Waals surface area contributed by atoms with E-state index in [0.717, 1.165) is 29.4 Å². The van der Waals surface area contributed by atoms with E-state index < -0.39 is 0 Å². The summed E-state index contributed by atoms with van der Waals surface area (Å²) >= 11 is 0. The molecular weight excluding hydrogens is 400 g/mol. The van der Waals surface area contributed by atoms with Crippen molar-refractivity contribution in [2.24, 2.45) is 0 Å². The number of para-hydroxylation sites is 2. The quantitative estimate of drug-likeness (QED) is 0.618. The number of nitrogens with one attached hydrogen (secondary N) is 1. The molecule has 32 heavy (non-hydrogen) atoms. The zero-order chi connectivity index (χ0) is 22.7. The Morgan fingerprint density at radius 3 is 2.53 bits per heavy atom. The first-order valence-electron chi connectivity index (χ1n) is 11.5. The molecular formula is C26H32N4O2. The molecule has 2 amide bonds. The number of rotatable bonds is 6. The lowest BCUT2D eigenvalue weighted by Crippen LogP contribution is -2.40. The Labute approximate surface area is 189 Å². The molecule has 1 heterocycles. The zero-order valence-corrected chi connectivity index (χ0v) is 19.2. The summed E-state index contributed by atoms with van der Waals surface area (Å²) in [6.45, 7) is 4.06. The molecule has 168 valence electrons. The van der Waals surface area contributed by atoms with Crippen LogP contribution in [0.5, 0.6) is 0 Å². The highest BCUT2D eigenvalue weighted by atomic mass is 16.2. The number of benzene rings is 2. The predicted molar refractivity (Wildman–Crippen MR) is 126 cm³/mol. The molecule has 1 fully saturated rings. The number of likely N-dealkylation sites (N-methyl/N-ethyl adjacent to an activating group) is 1. The highest BCUT2D eigenvalue weighted by molar-refractivity contribution is 5.95. The predicted octanol–water partition coefficient (Wildman–Crippen LogP) is 4.63. The molecule has 1 N–H and O–H groups in total. The molecule has 6 nitrogen and oxygen atoms in total. The number of carbonyl (C=O) groups excluding carboxylic acids is 2. The molecule has 1 atom stereocenters. The van der Waals surface area contributed by atoms with Crippen molar-refractivity contribution in [3.63, 3.8) is 0 Å². The van der Waals surface area contributed by atoms with E-state index in [0.29, 0.717) is 17.4 Å². The minimum Gasteiger partial charge on any atom is -0.342 e. The summed E-state index contributed by atoms with van der Waals surface area (Å²) in [6.07, 6.45) is 5.77. The van der Waals surface area contributed by atoms with Crippen molar-refractivity contribution in [1.29, 1.82) is 0 Å². The average molecular weight is 433 g/mol. The fraction of sp³-hybridized carbons (Fsp3) is 0.423. The van der Waals surface area contributed by atoms with Crippen LogP contribution in [0, 0.1) is 6.92 Å². The Balaban J connectivity index is 1.59. The molecule has 1 aromatic heterocycles. The van der Waals surface area contributed by atoms with Gasteiger partial charge in [-0.3, -0.25) is 9.59 Å². The molecule has 0 saturated heterocycles. The number of fused-ring (bicyclic) bond motifs is 1. The molecule has 6 heteroatoms. The van der Waals surface area contributed by atoms with E-state index in [1.165, 1.54) is 19.3 Å². The van der Waals surface area contributed by atoms with Gasteiger partial charge in [-0.05, 0) is 50.5 Å². The van der Waals surface area contributed by atoms with Crippen LogP contribution in [0.1, 0.15) is 66.8 Å². The number of imidazole rings is 1. The Hall–Kier alpha value is -3.15. The second-order valence-corrected chi connectivity index (χ2v) is 8.85. The van der Waals surface area contributed by atoms with Crippen LogP contribution in [-0.2, 0) is 11.3 Å². The third-order valence-corrected chi connectivity index (χ3v) is 6.62. The van der Waals surface area contributed by atoms with Crippen molar-refractivity contribution >= 4 is 22.8 Å². The first-order valence-corrected chi connectivity index (χ1v) is 11.5. The maximum Gasteiger partial charge on any atom is 0.252 e. The number of nitrogens with zero attached hydrogens (tertiary/aromatic N) is 3. The van der Waals surface area contributed by atoms with Crippen LogP contribution in [0.25, 0.3) is 11.0 Å². The van der Waals surface area contributed by atoms with Crippen LogP contribution in [0.2, 0.25) is 0 Å². The minimum atomic E-state index is -0.345. The second kappa shape index (κ2) is 9.55. The third kappa shape index (κ3) is 4.54. The van der Waals surface area contributed by atoms with Gasteiger partial charge in [0, 0.05) is 18.7 Å². The SMILES string of the molecule is Cc1ccccc1C(=O)NC(C)c1nc2ccccc2n1CC(=O)N(C)C1CCCCC1. The first kappa shape index (κ1) is 22.1. The van der Waals surface area contributed by atoms with Gasteiger partial charge in [0.1, 0.15) is 12.4 Å². The van der Waals surface area contributed by atoms with Gasteiger partial charge in [-0.2, -0.15) is 0 Å². The Kier molecular flexibility index (Phi) is 6.58. The summed E-state index contributed by atoms with van der Waals surface area (Å²) in [6, 6.07) is 15.3. The van der Waals surface area contributed by atoms with Crippen LogP contribution < -0.4 is 5.32 Å². The molecule has 4 rings (SSSR count). The van der Waals surface area contributed by atoms with Crippen molar-refractivity contribution in [1.82, 2.24) is 19.8 Å². The van der Waals surface area contributed by atoms with E-state index in [1.54, 1.807) is 0 Å². The summed E-state index contributed by atoms with van der Waals surface area (Å²) in [7, 11) is 1.92. The Bertz CT molecular complexity index is 1110. The van der Waals surface area contributed by atoms with Gasteiger partial charge in [-0.25, -0.2) is 4.98 Å². The average Bonchev–Trinajstić information content (AvgIpc) is 3.18. The number of hydrogen-bond acceptors (Lipinski definition) is 3. The molecule has 1 aliphatic carbocycles. The monoisotopic (exact) mass is 432 g/mol. The number of hydrogen-bond donors (Lipinski definition) is 1. The summed E-state index contributed by atoms with van der Waals surface area (Å²) in [5.41, 5.74) is 3.31. The molecule has 0 spiro atoms. The first-order chi connectivity index (χ1) is 15.5. The van der Waals surface area contributed by atoms with E-state index in [-0.39, 0.29) is 24.4 Å². The molecule has 2 aromatic carbocycles. The Morgan fingerprint density at radius 1 is 1.09 bits per heavy atom. The standard InChI is InChI=1S/C26H32N4O2/c1-18-11-7-8-14-21(18)26(32)27-19(2)25-28-22-15-9-10-16-23(22)30(25)17-24(31)29(3)20-12-5-4-6-13-20/h7-11,14-16,19-20H,4-6,12-13,17H2,1-3H3,(H,27,32). The molecule has 1 saturated carbocycles. The van der Waals surface area contributed by atoms with Gasteiger partial charge in [-0.1, -0.05) is 49.6 Å². The summed E-state index contributed by atoms with van der Waals surface area (Å²) in [5.74, 6) is 0.636. The summed E-state index contributed by atoms with van der Waals surface area (Å²) in [5, 5.41) is 3.07. The molecule has 3 aromatic rings. The van der Waals surface area contributed by atoms with Gasteiger partial charge < -0.3 is 14.8 Å². The number of carbonyl (C=O) groups is 2. The normalized spacial score (nSPS) is 15.5. The van der Waals surface area contributed by atoms with Crippen molar-refractivity contribution in [3.05, 3.63) is 65.5 Å². The van der Waals surface area contributed by atoms with Crippen molar-refractivity contribution in [3.8, 4) is 0 Å². The Morgan fingerprint density at radius 2 is 1.78 bits per heavy atom. The van der Waals surface area contributed by atoms with Crippen molar-refractivity contribution < 1.29 is 9.59 Å².